The van der Waals surface area contributed by atoms with Crippen LogP contribution in [0.2, 0.25) is 0 Å². The standard InChI is InChI=1S/C18H20O5/c1-12(13-8-6-5-7-9-13)23-18(19)14-10-11-15(20-2)17(22-4)16(14)21-3/h5-12H,1-4H3/t12-/m0/s1. The summed E-state index contributed by atoms with van der Waals surface area (Å²) in [5, 5.41) is 0. The summed E-state index contributed by atoms with van der Waals surface area (Å²) in [4.78, 5) is 12.5. The van der Waals surface area contributed by atoms with E-state index >= 15 is 0 Å². The van der Waals surface area contributed by atoms with Crippen LogP contribution in [-0.2, 0) is 4.74 Å². The monoisotopic (exact) mass is 316 g/mol. The fourth-order valence-corrected chi connectivity index (χ4v) is 2.28. The molecule has 0 aliphatic rings. The van der Waals surface area contributed by atoms with Gasteiger partial charge in [0.1, 0.15) is 11.7 Å². The Morgan fingerprint density at radius 1 is 0.870 bits per heavy atom. The van der Waals surface area contributed by atoms with Gasteiger partial charge in [0.25, 0.3) is 0 Å². The molecule has 0 heterocycles. The summed E-state index contributed by atoms with van der Waals surface area (Å²) in [7, 11) is 4.48. The number of carbonyl (C=O) groups excluding carboxylic acids is 1. The van der Waals surface area contributed by atoms with E-state index in [9.17, 15) is 4.79 Å². The summed E-state index contributed by atoms with van der Waals surface area (Å²) in [6.07, 6.45) is -0.374. The van der Waals surface area contributed by atoms with Crippen LogP contribution < -0.4 is 14.2 Å². The van der Waals surface area contributed by atoms with Gasteiger partial charge >= 0.3 is 5.97 Å². The van der Waals surface area contributed by atoms with E-state index in [2.05, 4.69) is 0 Å². The first-order valence-corrected chi connectivity index (χ1v) is 7.17. The third-order valence-electron chi connectivity index (χ3n) is 3.48. The van der Waals surface area contributed by atoms with Crippen LogP contribution in [0.3, 0.4) is 0 Å². The Kier molecular flexibility index (Phi) is 5.46. The second-order valence-electron chi connectivity index (χ2n) is 4.84. The average molecular weight is 316 g/mol. The molecule has 5 heteroatoms. The summed E-state index contributed by atoms with van der Waals surface area (Å²) in [5.41, 5.74) is 1.20. The third kappa shape index (κ3) is 3.56. The van der Waals surface area contributed by atoms with Gasteiger partial charge < -0.3 is 18.9 Å². The third-order valence-corrected chi connectivity index (χ3v) is 3.48. The molecular weight excluding hydrogens is 296 g/mol. The van der Waals surface area contributed by atoms with Crippen LogP contribution in [0.4, 0.5) is 0 Å². The van der Waals surface area contributed by atoms with Crippen molar-refractivity contribution in [1.29, 1.82) is 0 Å². The van der Waals surface area contributed by atoms with E-state index < -0.39 is 5.97 Å². The largest absolute Gasteiger partial charge is 0.493 e. The van der Waals surface area contributed by atoms with Crippen molar-refractivity contribution in [1.82, 2.24) is 0 Å². The molecule has 0 saturated heterocycles. The van der Waals surface area contributed by atoms with Crippen LogP contribution in [0, 0.1) is 0 Å². The second-order valence-corrected chi connectivity index (χ2v) is 4.84. The Morgan fingerprint density at radius 2 is 1.52 bits per heavy atom. The minimum Gasteiger partial charge on any atom is -0.493 e. The molecule has 2 aromatic rings. The van der Waals surface area contributed by atoms with Gasteiger partial charge in [-0.1, -0.05) is 30.3 Å². The van der Waals surface area contributed by atoms with Crippen molar-refractivity contribution in [3.63, 3.8) is 0 Å². The molecule has 0 bridgehead atoms. The Hall–Kier alpha value is -2.69. The van der Waals surface area contributed by atoms with Crippen molar-refractivity contribution >= 4 is 5.97 Å². The highest BCUT2D eigenvalue weighted by Crippen LogP contribution is 2.40. The van der Waals surface area contributed by atoms with Crippen molar-refractivity contribution in [2.75, 3.05) is 21.3 Å². The summed E-state index contributed by atoms with van der Waals surface area (Å²) < 4.78 is 21.3. The van der Waals surface area contributed by atoms with Crippen molar-refractivity contribution in [2.24, 2.45) is 0 Å². The molecule has 1 atom stereocenters. The average Bonchev–Trinajstić information content (AvgIpc) is 2.60. The fourth-order valence-electron chi connectivity index (χ4n) is 2.28. The molecule has 5 nitrogen and oxygen atoms in total. The Bertz CT molecular complexity index is 667. The normalized spacial score (nSPS) is 11.5. The number of esters is 1. The van der Waals surface area contributed by atoms with Crippen LogP contribution >= 0.6 is 0 Å². The SMILES string of the molecule is COc1ccc(C(=O)O[C@@H](C)c2ccccc2)c(OC)c1OC. The molecular formula is C18H20O5. The molecule has 0 radical (unpaired) electrons. The van der Waals surface area contributed by atoms with E-state index in [1.807, 2.05) is 37.3 Å². The predicted molar refractivity (Wildman–Crippen MR) is 86.4 cm³/mol. The zero-order valence-electron chi connectivity index (χ0n) is 13.7. The predicted octanol–water partition coefficient (Wildman–Crippen LogP) is 3.63. The number of hydrogen-bond donors (Lipinski definition) is 0. The maximum Gasteiger partial charge on any atom is 0.342 e. The minimum absolute atomic E-state index is 0.285. The van der Waals surface area contributed by atoms with E-state index in [0.29, 0.717) is 11.5 Å². The van der Waals surface area contributed by atoms with E-state index in [0.717, 1.165) is 5.56 Å². The summed E-state index contributed by atoms with van der Waals surface area (Å²) in [5.74, 6) is 0.644. The summed E-state index contributed by atoms with van der Waals surface area (Å²) in [6.45, 7) is 1.82. The molecule has 0 aromatic heterocycles. The number of hydrogen-bond acceptors (Lipinski definition) is 5. The zero-order valence-corrected chi connectivity index (χ0v) is 13.7. The molecule has 2 aromatic carbocycles. The second kappa shape index (κ2) is 7.54. The molecule has 0 N–H and O–H groups in total. The van der Waals surface area contributed by atoms with E-state index in [-0.39, 0.29) is 17.4 Å². The zero-order chi connectivity index (χ0) is 16.8. The fraction of sp³-hybridized carbons (Fsp3) is 0.278. The van der Waals surface area contributed by atoms with Crippen molar-refractivity contribution in [3.05, 3.63) is 53.6 Å². The van der Waals surface area contributed by atoms with Crippen molar-refractivity contribution in [3.8, 4) is 17.2 Å². The lowest BCUT2D eigenvalue weighted by Gasteiger charge is -2.17. The molecule has 0 fully saturated rings. The van der Waals surface area contributed by atoms with E-state index in [1.54, 1.807) is 12.1 Å². The van der Waals surface area contributed by atoms with Gasteiger partial charge in [-0.15, -0.1) is 0 Å². The number of ether oxygens (including phenoxy) is 4. The van der Waals surface area contributed by atoms with Gasteiger partial charge in [-0.25, -0.2) is 4.79 Å². The Balaban J connectivity index is 2.29. The summed E-state index contributed by atoms with van der Waals surface area (Å²) in [6, 6.07) is 12.8. The van der Waals surface area contributed by atoms with Gasteiger partial charge in [-0.2, -0.15) is 0 Å². The molecule has 122 valence electrons. The smallest absolute Gasteiger partial charge is 0.342 e. The molecule has 0 aliphatic carbocycles. The topological polar surface area (TPSA) is 54.0 Å². The number of benzene rings is 2. The van der Waals surface area contributed by atoms with E-state index in [4.69, 9.17) is 18.9 Å². The lowest BCUT2D eigenvalue weighted by molar-refractivity contribution is 0.0333. The van der Waals surface area contributed by atoms with Gasteiger partial charge in [-0.05, 0) is 24.6 Å². The molecule has 2 rings (SSSR count). The maximum atomic E-state index is 12.5. The first kappa shape index (κ1) is 16.7. The molecule has 0 unspecified atom stereocenters. The minimum atomic E-state index is -0.487. The van der Waals surface area contributed by atoms with Crippen LogP contribution in [0.1, 0.15) is 28.9 Å². The number of rotatable bonds is 6. The summed E-state index contributed by atoms with van der Waals surface area (Å²) >= 11 is 0. The maximum absolute atomic E-state index is 12.5. The van der Waals surface area contributed by atoms with Crippen LogP contribution in [-0.4, -0.2) is 27.3 Å². The first-order valence-electron chi connectivity index (χ1n) is 7.17. The number of methoxy groups -OCH3 is 3. The molecule has 0 spiro atoms. The highest BCUT2D eigenvalue weighted by atomic mass is 16.6. The molecule has 23 heavy (non-hydrogen) atoms. The molecule has 0 saturated carbocycles. The highest BCUT2D eigenvalue weighted by Gasteiger charge is 2.23. The number of carbonyl (C=O) groups is 1. The highest BCUT2D eigenvalue weighted by molar-refractivity contribution is 5.94. The van der Waals surface area contributed by atoms with Gasteiger partial charge in [0.15, 0.2) is 11.5 Å². The Labute approximate surface area is 135 Å². The van der Waals surface area contributed by atoms with Crippen LogP contribution in [0.5, 0.6) is 17.2 Å². The van der Waals surface area contributed by atoms with E-state index in [1.165, 1.54) is 21.3 Å². The molecule has 0 aliphatic heterocycles. The Morgan fingerprint density at radius 3 is 2.09 bits per heavy atom. The molecule has 0 amide bonds. The lowest BCUT2D eigenvalue weighted by atomic mass is 10.1. The van der Waals surface area contributed by atoms with Gasteiger partial charge in [0.05, 0.1) is 21.3 Å². The van der Waals surface area contributed by atoms with Gasteiger partial charge in [0.2, 0.25) is 5.75 Å². The van der Waals surface area contributed by atoms with Gasteiger partial charge in [-0.3, -0.25) is 0 Å². The lowest BCUT2D eigenvalue weighted by Crippen LogP contribution is -2.11. The first-order chi connectivity index (χ1) is 11.1. The van der Waals surface area contributed by atoms with Crippen LogP contribution in [0.25, 0.3) is 0 Å². The quantitative estimate of drug-likeness (QED) is 0.762. The van der Waals surface area contributed by atoms with Crippen molar-refractivity contribution < 1.29 is 23.7 Å². The van der Waals surface area contributed by atoms with Crippen LogP contribution in [0.15, 0.2) is 42.5 Å². The van der Waals surface area contributed by atoms with Crippen molar-refractivity contribution in [2.45, 2.75) is 13.0 Å². The van der Waals surface area contributed by atoms with Gasteiger partial charge in [0, 0.05) is 0 Å².